The zero-order valence-electron chi connectivity index (χ0n) is 16.9. The van der Waals surface area contributed by atoms with Crippen LogP contribution < -0.4 is 11.4 Å². The van der Waals surface area contributed by atoms with Crippen LogP contribution in [0.4, 0.5) is 0 Å². The smallest absolute Gasteiger partial charge is 0.321 e. The van der Waals surface area contributed by atoms with Crippen LogP contribution in [0.15, 0.2) is 77.7 Å². The van der Waals surface area contributed by atoms with Crippen LogP contribution >= 0.6 is 0 Å². The van der Waals surface area contributed by atoms with E-state index in [-0.39, 0.29) is 11.2 Å². The van der Waals surface area contributed by atoms with Crippen molar-refractivity contribution in [3.05, 3.63) is 89.0 Å². The maximum atomic E-state index is 12.0. The van der Waals surface area contributed by atoms with Gasteiger partial charge in [0.25, 0.3) is 0 Å². The molecule has 1 fully saturated rings. The molecule has 3 heterocycles. The Kier molecular flexibility index (Phi) is 3.85. The minimum absolute atomic E-state index is 0.194. The summed E-state index contributed by atoms with van der Waals surface area (Å²) in [5.74, 6) is 0. The first kappa shape index (κ1) is 18.0. The molecule has 6 rings (SSSR count). The highest BCUT2D eigenvalue weighted by Gasteiger charge is 2.34. The van der Waals surface area contributed by atoms with Gasteiger partial charge < -0.3 is 5.73 Å². The third-order valence-corrected chi connectivity index (χ3v) is 6.44. The van der Waals surface area contributed by atoms with E-state index in [1.165, 1.54) is 16.4 Å². The molecule has 6 nitrogen and oxygen atoms in total. The number of fused-ring (bicyclic) bond motifs is 3. The summed E-state index contributed by atoms with van der Waals surface area (Å²) in [7, 11) is 0. The van der Waals surface area contributed by atoms with Gasteiger partial charge in [-0.3, -0.25) is 0 Å². The maximum Gasteiger partial charge on any atom is 0.347 e. The Labute approximate surface area is 178 Å². The van der Waals surface area contributed by atoms with Crippen molar-refractivity contribution in [1.29, 1.82) is 0 Å². The van der Waals surface area contributed by atoms with E-state index in [4.69, 9.17) is 10.7 Å². The summed E-state index contributed by atoms with van der Waals surface area (Å²) in [6, 6.07) is 22.7. The fourth-order valence-corrected chi connectivity index (χ4v) is 4.46. The topological polar surface area (TPSA) is 89.1 Å². The van der Waals surface area contributed by atoms with Crippen LogP contribution in [0.5, 0.6) is 0 Å². The quantitative estimate of drug-likeness (QED) is 0.468. The van der Waals surface area contributed by atoms with Gasteiger partial charge in [0.05, 0.1) is 5.69 Å². The molecular weight excluding hydrogens is 386 g/mol. The second-order valence-corrected chi connectivity index (χ2v) is 8.31. The molecule has 3 aromatic heterocycles. The van der Waals surface area contributed by atoms with Crippen molar-refractivity contribution in [3.63, 3.8) is 0 Å². The lowest BCUT2D eigenvalue weighted by Crippen LogP contribution is -2.43. The molecule has 0 unspecified atom stereocenters. The summed E-state index contributed by atoms with van der Waals surface area (Å²) < 4.78 is 1.49. The predicted octanol–water partition coefficient (Wildman–Crippen LogP) is 4.24. The van der Waals surface area contributed by atoms with Crippen molar-refractivity contribution in [1.82, 2.24) is 19.6 Å². The second kappa shape index (κ2) is 6.62. The minimum atomic E-state index is -0.273. The molecule has 1 saturated carbocycles. The van der Waals surface area contributed by atoms with Crippen LogP contribution in [0.3, 0.4) is 0 Å². The molecule has 0 saturated heterocycles. The normalized spacial score (nSPS) is 15.3. The van der Waals surface area contributed by atoms with Gasteiger partial charge in [-0.05, 0) is 42.5 Å². The summed E-state index contributed by atoms with van der Waals surface area (Å²) in [6.45, 7) is 0. The van der Waals surface area contributed by atoms with Gasteiger partial charge in [0.2, 0.25) is 0 Å². The lowest BCUT2D eigenvalue weighted by atomic mass is 9.72. The Morgan fingerprint density at radius 1 is 0.968 bits per heavy atom. The van der Waals surface area contributed by atoms with Gasteiger partial charge in [0.1, 0.15) is 5.52 Å². The molecular formula is C25H21N5O. The number of benzene rings is 2. The molecule has 0 aliphatic heterocycles. The Bertz CT molecular complexity index is 1480. The molecule has 0 radical (unpaired) electrons. The number of hydrogen-bond donors (Lipinski definition) is 2. The number of aromatic nitrogens is 4. The number of aromatic amines is 1. The number of H-pyrrole nitrogens is 1. The number of pyridine rings is 2. The van der Waals surface area contributed by atoms with Crippen LogP contribution in [0.2, 0.25) is 0 Å². The third kappa shape index (κ3) is 2.79. The molecule has 2 aromatic carbocycles. The van der Waals surface area contributed by atoms with Crippen LogP contribution in [0, 0.1) is 0 Å². The molecule has 0 bridgehead atoms. The Morgan fingerprint density at radius 3 is 2.45 bits per heavy atom. The van der Waals surface area contributed by atoms with E-state index >= 15 is 0 Å². The van der Waals surface area contributed by atoms with Crippen molar-refractivity contribution in [3.8, 4) is 22.4 Å². The summed E-state index contributed by atoms with van der Waals surface area (Å²) in [5.41, 5.74) is 12.4. The van der Waals surface area contributed by atoms with Crippen LogP contribution in [0.25, 0.3) is 38.9 Å². The summed E-state index contributed by atoms with van der Waals surface area (Å²) in [4.78, 5) is 17.1. The first-order chi connectivity index (χ1) is 15.1. The molecule has 31 heavy (non-hydrogen) atoms. The monoisotopic (exact) mass is 407 g/mol. The molecule has 6 heteroatoms. The van der Waals surface area contributed by atoms with Gasteiger partial charge in [-0.15, -0.1) is 0 Å². The molecule has 152 valence electrons. The minimum Gasteiger partial charge on any atom is -0.321 e. The van der Waals surface area contributed by atoms with E-state index in [1.54, 1.807) is 6.20 Å². The largest absolute Gasteiger partial charge is 0.347 e. The van der Waals surface area contributed by atoms with Gasteiger partial charge in [-0.2, -0.15) is 5.10 Å². The lowest BCUT2D eigenvalue weighted by molar-refractivity contribution is 0.253. The molecule has 1 aliphatic rings. The SMILES string of the molecule is NC1(c2ccc(-c3nc4c(ccn5c(=O)[nH]nc45)cc3-c3ccccc3)cc2)CCC1. The van der Waals surface area contributed by atoms with Gasteiger partial charge in [0.15, 0.2) is 5.65 Å². The van der Waals surface area contributed by atoms with Crippen LogP contribution in [-0.2, 0) is 5.54 Å². The van der Waals surface area contributed by atoms with E-state index in [9.17, 15) is 4.79 Å². The predicted molar refractivity (Wildman–Crippen MR) is 122 cm³/mol. The van der Waals surface area contributed by atoms with Crippen molar-refractivity contribution in [2.45, 2.75) is 24.8 Å². The zero-order valence-corrected chi connectivity index (χ0v) is 16.9. The summed E-state index contributed by atoms with van der Waals surface area (Å²) in [5, 5.41) is 7.64. The first-order valence-electron chi connectivity index (χ1n) is 10.5. The maximum absolute atomic E-state index is 12.0. The van der Waals surface area contributed by atoms with Crippen LogP contribution in [-0.4, -0.2) is 19.6 Å². The van der Waals surface area contributed by atoms with Crippen molar-refractivity contribution in [2.75, 3.05) is 0 Å². The highest BCUT2D eigenvalue weighted by atomic mass is 16.1. The summed E-state index contributed by atoms with van der Waals surface area (Å²) in [6.07, 6.45) is 4.97. The molecule has 0 spiro atoms. The molecule has 5 aromatic rings. The van der Waals surface area contributed by atoms with Crippen molar-refractivity contribution in [2.24, 2.45) is 5.73 Å². The highest BCUT2D eigenvalue weighted by Crippen LogP contribution is 2.40. The first-order valence-corrected chi connectivity index (χ1v) is 10.5. The second-order valence-electron chi connectivity index (χ2n) is 8.31. The third-order valence-electron chi connectivity index (χ3n) is 6.44. The fraction of sp³-hybridized carbons (Fsp3) is 0.160. The standard InChI is InChI=1S/C25H21N5O/c26-25(12-4-13-25)19-9-7-17(8-10-19)21-20(16-5-2-1-3-6-16)15-18-11-14-30-23(22(18)27-21)28-29-24(30)31/h1-3,5-11,14-15H,4,12-13,26H2,(H,29,31). The van der Waals surface area contributed by atoms with Crippen molar-refractivity contribution >= 4 is 16.6 Å². The van der Waals surface area contributed by atoms with Crippen molar-refractivity contribution < 1.29 is 0 Å². The number of nitrogens with zero attached hydrogens (tertiary/aromatic N) is 3. The average molecular weight is 407 g/mol. The fourth-order valence-electron chi connectivity index (χ4n) is 4.46. The molecule has 3 N–H and O–H groups in total. The Morgan fingerprint density at radius 2 is 1.74 bits per heavy atom. The Hall–Kier alpha value is -3.77. The lowest BCUT2D eigenvalue weighted by Gasteiger charge is -2.38. The number of nitrogens with two attached hydrogens (primary N) is 1. The van der Waals surface area contributed by atoms with Crippen LogP contribution in [0.1, 0.15) is 24.8 Å². The van der Waals surface area contributed by atoms with E-state index in [0.717, 1.165) is 40.6 Å². The number of nitrogens with one attached hydrogen (secondary N) is 1. The van der Waals surface area contributed by atoms with Gasteiger partial charge in [-0.25, -0.2) is 19.3 Å². The highest BCUT2D eigenvalue weighted by molar-refractivity contribution is 5.97. The van der Waals surface area contributed by atoms with E-state index in [1.807, 2.05) is 24.3 Å². The molecule has 1 aliphatic carbocycles. The molecule has 0 amide bonds. The van der Waals surface area contributed by atoms with Gasteiger partial charge in [0, 0.05) is 28.2 Å². The van der Waals surface area contributed by atoms with E-state index in [2.05, 4.69) is 52.7 Å². The molecule has 0 atom stereocenters. The number of rotatable bonds is 3. The van der Waals surface area contributed by atoms with E-state index < -0.39 is 0 Å². The Balaban J connectivity index is 1.60. The van der Waals surface area contributed by atoms with Gasteiger partial charge >= 0.3 is 5.69 Å². The number of hydrogen-bond acceptors (Lipinski definition) is 4. The average Bonchev–Trinajstić information content (AvgIpc) is 3.18. The zero-order chi connectivity index (χ0) is 21.0. The van der Waals surface area contributed by atoms with Gasteiger partial charge in [-0.1, -0.05) is 54.6 Å². The van der Waals surface area contributed by atoms with E-state index in [0.29, 0.717) is 11.2 Å². The summed E-state index contributed by atoms with van der Waals surface area (Å²) >= 11 is 0.